The lowest BCUT2D eigenvalue weighted by molar-refractivity contribution is 0.0568. The van der Waals surface area contributed by atoms with E-state index in [0.717, 1.165) is 0 Å². The molecular weight excluding hydrogens is 242 g/mol. The Morgan fingerprint density at radius 1 is 1.33 bits per heavy atom. The van der Waals surface area contributed by atoms with Gasteiger partial charge in [0.25, 0.3) is 0 Å². The van der Waals surface area contributed by atoms with Gasteiger partial charge in [0.1, 0.15) is 0 Å². The van der Waals surface area contributed by atoms with E-state index in [1.165, 1.54) is 0 Å². The number of rotatable bonds is 9. The first-order valence-corrected chi connectivity index (χ1v) is 7.40. The summed E-state index contributed by atoms with van der Waals surface area (Å²) in [6, 6.07) is 0. The van der Waals surface area contributed by atoms with E-state index in [0.29, 0.717) is 38.7 Å². The molecule has 0 rings (SSSR count). The van der Waals surface area contributed by atoms with E-state index in [4.69, 9.17) is 25.7 Å². The molecule has 0 radical (unpaired) electrons. The van der Waals surface area contributed by atoms with Crippen LogP contribution in [0.15, 0.2) is 5.11 Å². The first-order valence-electron chi connectivity index (χ1n) is 4.40. The van der Waals surface area contributed by atoms with E-state index in [2.05, 4.69) is 10.0 Å². The molecule has 0 spiro atoms. The third kappa shape index (κ3) is 13.8. The second kappa shape index (κ2) is 9.08. The normalized spacial score (nSPS) is 16.5. The quantitative estimate of drug-likeness (QED) is 0.298. The third-order valence-corrected chi connectivity index (χ3v) is 2.75. The fourth-order valence-electron chi connectivity index (χ4n) is 0.683. The van der Waals surface area contributed by atoms with Crippen LogP contribution < -0.4 is 0 Å². The Morgan fingerprint density at radius 2 is 1.93 bits per heavy atom. The molecule has 0 aliphatic rings. The van der Waals surface area contributed by atoms with Gasteiger partial charge >= 0.3 is 0 Å². The second-order valence-electron chi connectivity index (χ2n) is 2.82. The predicted octanol–water partition coefficient (Wildman–Crippen LogP) is 2.39. The topological polar surface area (TPSA) is 87.5 Å². The Balaban J connectivity index is 3.08. The van der Waals surface area contributed by atoms with Crippen LogP contribution in [-0.2, 0) is 9.47 Å². The first-order chi connectivity index (χ1) is 7.06. The highest BCUT2D eigenvalue weighted by molar-refractivity contribution is 8.46. The number of hydrogen-bond acceptors (Lipinski definition) is 4. The Labute approximate surface area is 95.2 Å². The largest absolute Gasteiger partial charge is 0.379 e. The van der Waals surface area contributed by atoms with Gasteiger partial charge in [-0.25, -0.2) is 0 Å². The van der Waals surface area contributed by atoms with Gasteiger partial charge in [0.15, 0.2) is 0 Å². The molecule has 0 fully saturated rings. The highest BCUT2D eigenvalue weighted by Crippen LogP contribution is 2.43. The molecule has 15 heavy (non-hydrogen) atoms. The molecular formula is C7H16ClN3O3S. The molecule has 0 bridgehead atoms. The van der Waals surface area contributed by atoms with E-state index in [-0.39, 0.29) is 0 Å². The molecule has 8 heteroatoms. The van der Waals surface area contributed by atoms with Gasteiger partial charge in [-0.15, -0.1) is 0 Å². The highest BCUT2D eigenvalue weighted by atomic mass is 35.7. The Bertz CT molecular complexity index is 206. The number of hydrogen-bond donors (Lipinski definition) is 1. The van der Waals surface area contributed by atoms with E-state index in [1.54, 1.807) is 6.26 Å². The molecule has 1 unspecified atom stereocenters. The van der Waals surface area contributed by atoms with Crippen LogP contribution in [0.5, 0.6) is 0 Å². The van der Waals surface area contributed by atoms with Gasteiger partial charge in [0.05, 0.1) is 26.4 Å². The van der Waals surface area contributed by atoms with Gasteiger partial charge in [-0.1, -0.05) is 14.6 Å². The number of ether oxygens (including phenoxy) is 2. The fraction of sp³-hybridized carbons (Fsp3) is 1.00. The third-order valence-electron chi connectivity index (χ3n) is 1.37. The van der Waals surface area contributed by atoms with Crippen LogP contribution in [0.3, 0.4) is 0 Å². The van der Waals surface area contributed by atoms with E-state index in [1.807, 2.05) is 0 Å². The highest BCUT2D eigenvalue weighted by Gasteiger charge is 2.07. The van der Waals surface area contributed by atoms with Crippen molar-refractivity contribution in [2.45, 2.75) is 0 Å². The summed E-state index contributed by atoms with van der Waals surface area (Å²) >= 11 is 0. The van der Waals surface area contributed by atoms with Crippen molar-refractivity contribution in [2.75, 3.05) is 45.0 Å². The maximum absolute atomic E-state index is 9.21. The summed E-state index contributed by atoms with van der Waals surface area (Å²) in [4.78, 5) is 2.58. The van der Waals surface area contributed by atoms with Crippen LogP contribution in [0.4, 0.5) is 0 Å². The maximum atomic E-state index is 9.21. The minimum Gasteiger partial charge on any atom is -0.379 e. The molecule has 0 amide bonds. The van der Waals surface area contributed by atoms with E-state index < -0.39 is 9.52 Å². The molecule has 0 aromatic carbocycles. The molecule has 0 aromatic rings. The summed E-state index contributed by atoms with van der Waals surface area (Å²) in [7, 11) is 3.63. The standard InChI is InChI=1S/C7H16ClN3O3S/c1-15(8,12)7-6-14-5-4-13-3-2-10-11-9/h12H,2-7H2,1H3. The number of azide groups is 1. The average molecular weight is 258 g/mol. The predicted molar refractivity (Wildman–Crippen MR) is 62.5 cm³/mol. The van der Waals surface area contributed by atoms with Crippen LogP contribution in [-0.4, -0.2) is 49.5 Å². The lowest BCUT2D eigenvalue weighted by Crippen LogP contribution is -2.10. The van der Waals surface area contributed by atoms with Crippen molar-refractivity contribution in [3.05, 3.63) is 10.4 Å². The summed E-state index contributed by atoms with van der Waals surface area (Å²) in [5.41, 5.74) is 7.96. The maximum Gasteiger partial charge on any atom is 0.0700 e. The van der Waals surface area contributed by atoms with E-state index >= 15 is 0 Å². The SMILES string of the molecule is CS(O)(Cl)CCOCCOCCN=[N+]=[N-]. The van der Waals surface area contributed by atoms with Crippen LogP contribution in [0.1, 0.15) is 0 Å². The summed E-state index contributed by atoms with van der Waals surface area (Å²) < 4.78 is 19.5. The van der Waals surface area contributed by atoms with Crippen LogP contribution in [0.2, 0.25) is 0 Å². The van der Waals surface area contributed by atoms with Gasteiger partial charge in [-0.05, 0) is 16.2 Å². The van der Waals surface area contributed by atoms with Gasteiger partial charge in [0.2, 0.25) is 0 Å². The van der Waals surface area contributed by atoms with Crippen molar-refractivity contribution in [1.82, 2.24) is 0 Å². The molecule has 90 valence electrons. The lowest BCUT2D eigenvalue weighted by Gasteiger charge is -2.19. The van der Waals surface area contributed by atoms with Gasteiger partial charge in [-0.2, -0.15) is 0 Å². The molecule has 0 aliphatic carbocycles. The lowest BCUT2D eigenvalue weighted by atomic mass is 10.7. The van der Waals surface area contributed by atoms with Gasteiger partial charge in [-0.3, -0.25) is 0 Å². The van der Waals surface area contributed by atoms with Crippen LogP contribution in [0, 0.1) is 0 Å². The molecule has 0 saturated heterocycles. The first kappa shape index (κ1) is 14.8. The van der Waals surface area contributed by atoms with Gasteiger partial charge < -0.3 is 14.0 Å². The zero-order valence-corrected chi connectivity index (χ0v) is 10.2. The molecule has 1 atom stereocenters. The molecule has 0 aliphatic heterocycles. The smallest absolute Gasteiger partial charge is 0.0700 e. The van der Waals surface area contributed by atoms with Crippen molar-refractivity contribution < 1.29 is 14.0 Å². The summed E-state index contributed by atoms with van der Waals surface area (Å²) in [5, 5.41) is 3.31. The van der Waals surface area contributed by atoms with Crippen LogP contribution in [0.25, 0.3) is 10.4 Å². The Hall–Kier alpha value is -0.170. The van der Waals surface area contributed by atoms with Crippen molar-refractivity contribution in [3.8, 4) is 0 Å². The molecule has 0 saturated carbocycles. The van der Waals surface area contributed by atoms with Crippen molar-refractivity contribution >= 4 is 20.2 Å². The minimum absolute atomic E-state index is 0.330. The molecule has 0 aromatic heterocycles. The fourth-order valence-corrected chi connectivity index (χ4v) is 1.29. The number of halogens is 1. The van der Waals surface area contributed by atoms with Gasteiger partial charge in [0, 0.05) is 23.5 Å². The van der Waals surface area contributed by atoms with E-state index in [9.17, 15) is 4.55 Å². The van der Waals surface area contributed by atoms with Crippen molar-refractivity contribution in [3.63, 3.8) is 0 Å². The Kier molecular flexibility index (Phi) is 8.98. The molecule has 0 heterocycles. The zero-order chi connectivity index (χ0) is 11.6. The van der Waals surface area contributed by atoms with Crippen LogP contribution >= 0.6 is 20.2 Å². The Morgan fingerprint density at radius 3 is 2.47 bits per heavy atom. The monoisotopic (exact) mass is 257 g/mol. The summed E-state index contributed by atoms with van der Waals surface area (Å²) in [5.74, 6) is 0.452. The average Bonchev–Trinajstić information content (AvgIpc) is 2.14. The molecule has 1 N–H and O–H groups in total. The number of nitrogens with zero attached hydrogens (tertiary/aromatic N) is 3. The van der Waals surface area contributed by atoms with Crippen molar-refractivity contribution in [2.24, 2.45) is 5.11 Å². The minimum atomic E-state index is -1.98. The zero-order valence-electron chi connectivity index (χ0n) is 8.63. The molecule has 6 nitrogen and oxygen atoms in total. The summed E-state index contributed by atoms with van der Waals surface area (Å²) in [6.45, 7) is 2.04. The second-order valence-corrected chi connectivity index (χ2v) is 7.08. The summed E-state index contributed by atoms with van der Waals surface area (Å²) in [6.07, 6.45) is 1.59. The van der Waals surface area contributed by atoms with Crippen molar-refractivity contribution in [1.29, 1.82) is 0 Å².